The number of sulfone groups is 1. The first-order valence-electron chi connectivity index (χ1n) is 3.27. The Morgan fingerprint density at radius 1 is 0.923 bits per heavy atom. The minimum Gasteiger partial charge on any atom is -0.596 e. The van der Waals surface area contributed by atoms with Gasteiger partial charge in [-0.2, -0.15) is 0 Å². The molecule has 0 N–H and O–H groups in total. The minimum atomic E-state index is -3.54. The lowest BCUT2D eigenvalue weighted by molar-refractivity contribution is -0.164. The van der Waals surface area contributed by atoms with Gasteiger partial charge in [-0.3, -0.25) is 0 Å². The first-order valence-corrected chi connectivity index (χ1v) is 7.82. The Morgan fingerprint density at radius 2 is 1.23 bits per heavy atom. The predicted octanol–water partition coefficient (Wildman–Crippen LogP) is -1.39. The maximum Gasteiger partial charge on any atom is 0.309 e. The van der Waals surface area contributed by atoms with E-state index in [9.17, 15) is 27.3 Å². The SMILES string of the molecule is O=[P+]([O-])CCS(=O)(=O)CC[P+](=O)[O-]. The van der Waals surface area contributed by atoms with Crippen molar-refractivity contribution in [2.24, 2.45) is 0 Å². The fourth-order valence-electron chi connectivity index (χ4n) is 0.529. The van der Waals surface area contributed by atoms with Gasteiger partial charge in [0.05, 0.1) is 11.5 Å². The van der Waals surface area contributed by atoms with Crippen molar-refractivity contribution in [1.29, 1.82) is 0 Å². The number of hydrogen-bond donors (Lipinski definition) is 0. The van der Waals surface area contributed by atoms with Gasteiger partial charge in [-0.05, 0) is 0 Å². The molecule has 0 amide bonds. The van der Waals surface area contributed by atoms with E-state index in [-0.39, 0.29) is 0 Å². The lowest BCUT2D eigenvalue weighted by Crippen LogP contribution is -2.16. The molecule has 0 saturated heterocycles. The average Bonchev–Trinajstić information content (AvgIpc) is 1.98. The van der Waals surface area contributed by atoms with Crippen LogP contribution < -0.4 is 9.79 Å². The second-order valence-corrected chi connectivity index (χ2v) is 6.79. The second kappa shape index (κ2) is 5.73. The van der Waals surface area contributed by atoms with Crippen LogP contribution in [0.1, 0.15) is 0 Å². The van der Waals surface area contributed by atoms with E-state index < -0.39 is 49.7 Å². The first kappa shape index (κ1) is 13.1. The Balaban J connectivity index is 3.95. The molecule has 2 atom stereocenters. The normalized spacial score (nSPS) is 14.0. The lowest BCUT2D eigenvalue weighted by atomic mass is 10.9. The molecule has 0 rings (SSSR count). The zero-order valence-corrected chi connectivity index (χ0v) is 9.19. The molecule has 0 fully saturated rings. The third-order valence-corrected chi connectivity index (χ3v) is 4.60. The van der Waals surface area contributed by atoms with Gasteiger partial charge in [0.2, 0.25) is 0 Å². The molecule has 0 bridgehead atoms. The van der Waals surface area contributed by atoms with E-state index in [2.05, 4.69) is 0 Å². The highest BCUT2D eigenvalue weighted by molar-refractivity contribution is 7.91. The van der Waals surface area contributed by atoms with E-state index >= 15 is 0 Å². The van der Waals surface area contributed by atoms with Gasteiger partial charge in [0, 0.05) is 0 Å². The molecule has 76 valence electrons. The molecule has 0 radical (unpaired) electrons. The quantitative estimate of drug-likeness (QED) is 0.532. The van der Waals surface area contributed by atoms with Gasteiger partial charge in [-0.1, -0.05) is 9.13 Å². The predicted molar refractivity (Wildman–Crippen MR) is 43.6 cm³/mol. The van der Waals surface area contributed by atoms with Crippen molar-refractivity contribution in [3.05, 3.63) is 0 Å². The second-order valence-electron chi connectivity index (χ2n) is 2.26. The Kier molecular flexibility index (Phi) is 5.76. The summed E-state index contributed by atoms with van der Waals surface area (Å²) in [6, 6.07) is 0. The highest BCUT2D eigenvalue weighted by Crippen LogP contribution is 2.11. The molecule has 2 unspecified atom stereocenters. The monoisotopic (exact) mass is 246 g/mol. The highest BCUT2D eigenvalue weighted by atomic mass is 32.2. The van der Waals surface area contributed by atoms with Crippen LogP contribution in [0.2, 0.25) is 0 Å². The Morgan fingerprint density at radius 3 is 1.46 bits per heavy atom. The summed E-state index contributed by atoms with van der Waals surface area (Å²) >= 11 is 0. The van der Waals surface area contributed by atoms with Crippen LogP contribution in [0.25, 0.3) is 0 Å². The molecular formula is C4H8O6P2S. The van der Waals surface area contributed by atoms with Crippen LogP contribution in [-0.4, -0.2) is 32.2 Å². The molecule has 0 aliphatic heterocycles. The van der Waals surface area contributed by atoms with E-state index in [1.54, 1.807) is 0 Å². The Hall–Kier alpha value is 0.0700. The van der Waals surface area contributed by atoms with Gasteiger partial charge in [0.15, 0.2) is 22.2 Å². The fourth-order valence-corrected chi connectivity index (χ4v) is 4.15. The van der Waals surface area contributed by atoms with Crippen LogP contribution in [0.15, 0.2) is 0 Å². The third kappa shape index (κ3) is 8.40. The van der Waals surface area contributed by atoms with Crippen molar-refractivity contribution in [2.75, 3.05) is 23.8 Å². The molecule has 0 aliphatic rings. The molecule has 9 heteroatoms. The largest absolute Gasteiger partial charge is 0.596 e. The summed E-state index contributed by atoms with van der Waals surface area (Å²) in [4.78, 5) is 20.1. The van der Waals surface area contributed by atoms with Crippen molar-refractivity contribution in [3.8, 4) is 0 Å². The molecule has 0 aromatic carbocycles. The van der Waals surface area contributed by atoms with Gasteiger partial charge in [0.1, 0.15) is 0 Å². The van der Waals surface area contributed by atoms with E-state index in [0.717, 1.165) is 0 Å². The average molecular weight is 246 g/mol. The van der Waals surface area contributed by atoms with Crippen LogP contribution in [0.4, 0.5) is 0 Å². The van der Waals surface area contributed by atoms with Crippen molar-refractivity contribution in [2.45, 2.75) is 0 Å². The molecule has 0 spiro atoms. The van der Waals surface area contributed by atoms with Gasteiger partial charge >= 0.3 is 16.1 Å². The smallest absolute Gasteiger partial charge is 0.309 e. The van der Waals surface area contributed by atoms with E-state index in [1.165, 1.54) is 0 Å². The van der Waals surface area contributed by atoms with E-state index in [1.807, 2.05) is 0 Å². The number of rotatable bonds is 6. The van der Waals surface area contributed by atoms with Gasteiger partial charge < -0.3 is 9.79 Å². The van der Waals surface area contributed by atoms with Gasteiger partial charge in [-0.15, -0.1) is 0 Å². The maximum absolute atomic E-state index is 10.9. The summed E-state index contributed by atoms with van der Waals surface area (Å²) in [5.41, 5.74) is 0. The Labute approximate surface area is 77.6 Å². The topological polar surface area (TPSA) is 114 Å². The summed E-state index contributed by atoms with van der Waals surface area (Å²) in [5.74, 6) is -1.01. The van der Waals surface area contributed by atoms with Crippen molar-refractivity contribution in [3.63, 3.8) is 0 Å². The summed E-state index contributed by atoms with van der Waals surface area (Å²) in [6.45, 7) is 0. The summed E-state index contributed by atoms with van der Waals surface area (Å²) < 4.78 is 41.9. The van der Waals surface area contributed by atoms with Gasteiger partial charge in [0.25, 0.3) is 0 Å². The van der Waals surface area contributed by atoms with Crippen molar-refractivity contribution in [1.82, 2.24) is 0 Å². The molecule has 13 heavy (non-hydrogen) atoms. The first-order chi connectivity index (χ1) is 5.83. The zero-order chi connectivity index (χ0) is 10.5. The minimum absolute atomic E-state index is 0.451. The third-order valence-electron chi connectivity index (χ3n) is 1.17. The standard InChI is InChI=1S/C4H8O6P2S/c5-11(6)1-3-13(9,10)4-2-12(7)8/h1-4H2. The molecule has 0 aliphatic carbocycles. The lowest BCUT2D eigenvalue weighted by Gasteiger charge is -1.96. The summed E-state index contributed by atoms with van der Waals surface area (Å²) in [6.07, 6.45) is -0.902. The molecule has 0 heterocycles. The number of hydrogen-bond acceptors (Lipinski definition) is 6. The molecular weight excluding hydrogens is 238 g/mol. The van der Waals surface area contributed by atoms with Crippen LogP contribution >= 0.6 is 16.1 Å². The summed E-state index contributed by atoms with van der Waals surface area (Å²) in [5, 5.41) is 0. The fraction of sp³-hybridized carbons (Fsp3) is 1.00. The van der Waals surface area contributed by atoms with Gasteiger partial charge in [-0.25, -0.2) is 8.42 Å². The molecule has 0 aromatic heterocycles. The van der Waals surface area contributed by atoms with Crippen molar-refractivity contribution >= 4 is 25.9 Å². The summed E-state index contributed by atoms with van der Waals surface area (Å²) in [7, 11) is -8.98. The molecule has 6 nitrogen and oxygen atoms in total. The molecule has 0 aromatic rings. The Bertz CT molecular complexity index is 272. The zero-order valence-electron chi connectivity index (χ0n) is 6.58. The van der Waals surface area contributed by atoms with E-state index in [0.29, 0.717) is 0 Å². The van der Waals surface area contributed by atoms with E-state index in [4.69, 9.17) is 0 Å². The van der Waals surface area contributed by atoms with Crippen LogP contribution in [-0.2, 0) is 19.0 Å². The van der Waals surface area contributed by atoms with Crippen molar-refractivity contribution < 1.29 is 27.3 Å². The van der Waals surface area contributed by atoms with Crippen LogP contribution in [0, 0.1) is 0 Å². The maximum atomic E-state index is 10.9. The highest BCUT2D eigenvalue weighted by Gasteiger charge is 2.17. The van der Waals surface area contributed by atoms with Crippen LogP contribution in [0.3, 0.4) is 0 Å². The van der Waals surface area contributed by atoms with Crippen LogP contribution in [0.5, 0.6) is 0 Å². The molecule has 0 saturated carbocycles.